The third-order valence-corrected chi connectivity index (χ3v) is 7.51. The summed E-state index contributed by atoms with van der Waals surface area (Å²) in [7, 11) is 0. The molecular formula is C24H38N2O2S. The summed E-state index contributed by atoms with van der Waals surface area (Å²) in [4.78, 5) is 27.2. The van der Waals surface area contributed by atoms with Gasteiger partial charge < -0.3 is 10.6 Å². The van der Waals surface area contributed by atoms with Crippen LogP contribution in [0.3, 0.4) is 0 Å². The summed E-state index contributed by atoms with van der Waals surface area (Å²) >= 11 is 1.62. The lowest BCUT2D eigenvalue weighted by molar-refractivity contribution is -0.125. The SMILES string of the molecule is CC(CC(C)NC(=O)C(C)CC1CCCCC1)NC(=O)c1ccc(CC2CC2)s1. The molecule has 1 aromatic heterocycles. The lowest BCUT2D eigenvalue weighted by Gasteiger charge is -2.26. The normalized spacial score (nSPS) is 20.7. The van der Waals surface area contributed by atoms with Crippen molar-refractivity contribution >= 4 is 23.2 Å². The van der Waals surface area contributed by atoms with Gasteiger partial charge in [-0.05, 0) is 69.9 Å². The predicted molar refractivity (Wildman–Crippen MR) is 120 cm³/mol. The quantitative estimate of drug-likeness (QED) is 0.540. The van der Waals surface area contributed by atoms with E-state index in [9.17, 15) is 9.59 Å². The summed E-state index contributed by atoms with van der Waals surface area (Å²) in [6, 6.07) is 4.13. The highest BCUT2D eigenvalue weighted by Gasteiger charge is 2.24. The van der Waals surface area contributed by atoms with Crippen LogP contribution >= 0.6 is 11.3 Å². The second-order valence-electron chi connectivity index (χ2n) is 9.57. The predicted octanol–water partition coefficient (Wildman–Crippen LogP) is 5.32. The topological polar surface area (TPSA) is 58.2 Å². The second-order valence-corrected chi connectivity index (χ2v) is 10.7. The van der Waals surface area contributed by atoms with Gasteiger partial charge in [0.05, 0.1) is 4.88 Å². The van der Waals surface area contributed by atoms with Crippen LogP contribution in [-0.4, -0.2) is 23.9 Å². The van der Waals surface area contributed by atoms with Crippen molar-refractivity contribution in [3.8, 4) is 0 Å². The molecule has 2 N–H and O–H groups in total. The average molecular weight is 419 g/mol. The zero-order valence-electron chi connectivity index (χ0n) is 18.3. The van der Waals surface area contributed by atoms with Gasteiger partial charge in [0.2, 0.25) is 5.91 Å². The molecule has 1 heterocycles. The van der Waals surface area contributed by atoms with E-state index in [-0.39, 0.29) is 29.8 Å². The van der Waals surface area contributed by atoms with Crippen LogP contribution in [0.4, 0.5) is 0 Å². The summed E-state index contributed by atoms with van der Waals surface area (Å²) in [5.41, 5.74) is 0. The molecule has 0 radical (unpaired) electrons. The van der Waals surface area contributed by atoms with Crippen LogP contribution in [-0.2, 0) is 11.2 Å². The third kappa shape index (κ3) is 7.44. The number of thiophene rings is 1. The number of nitrogens with one attached hydrogen (secondary N) is 2. The van der Waals surface area contributed by atoms with E-state index in [2.05, 4.69) is 23.6 Å². The van der Waals surface area contributed by atoms with Crippen LogP contribution in [0, 0.1) is 17.8 Å². The minimum Gasteiger partial charge on any atom is -0.353 e. The Balaban J connectivity index is 1.37. The summed E-state index contributed by atoms with van der Waals surface area (Å²) in [5, 5.41) is 6.26. The Morgan fingerprint density at radius 1 is 0.966 bits per heavy atom. The van der Waals surface area contributed by atoms with E-state index in [0.717, 1.165) is 30.1 Å². The molecule has 3 unspecified atom stereocenters. The summed E-state index contributed by atoms with van der Waals surface area (Å²) in [6.45, 7) is 6.11. The lowest BCUT2D eigenvalue weighted by atomic mass is 9.83. The standard InChI is InChI=1S/C24H38N2O2S/c1-16(13-19-7-5-4-6-8-19)23(27)25-17(2)14-18(3)26-24(28)22-12-11-21(29-22)15-20-9-10-20/h11-12,16-20H,4-10,13-15H2,1-3H3,(H,25,27)(H,26,28). The number of hydrogen-bond donors (Lipinski definition) is 2. The van der Waals surface area contributed by atoms with Crippen LogP contribution < -0.4 is 10.6 Å². The first kappa shape index (κ1) is 22.3. The van der Waals surface area contributed by atoms with Crippen molar-refractivity contribution in [2.75, 3.05) is 0 Å². The summed E-state index contributed by atoms with van der Waals surface area (Å²) < 4.78 is 0. The smallest absolute Gasteiger partial charge is 0.261 e. The van der Waals surface area contributed by atoms with Crippen LogP contribution in [0.25, 0.3) is 0 Å². The molecule has 2 aliphatic rings. The molecule has 1 aromatic rings. The fourth-order valence-corrected chi connectivity index (χ4v) is 5.60. The van der Waals surface area contributed by atoms with E-state index in [1.807, 2.05) is 19.9 Å². The largest absolute Gasteiger partial charge is 0.353 e. The van der Waals surface area contributed by atoms with E-state index in [0.29, 0.717) is 5.92 Å². The molecule has 2 amide bonds. The van der Waals surface area contributed by atoms with Crippen LogP contribution in [0.15, 0.2) is 12.1 Å². The van der Waals surface area contributed by atoms with Crippen molar-refractivity contribution < 1.29 is 9.59 Å². The maximum atomic E-state index is 12.6. The maximum absolute atomic E-state index is 12.6. The van der Waals surface area contributed by atoms with Gasteiger partial charge >= 0.3 is 0 Å². The fourth-order valence-electron chi connectivity index (χ4n) is 4.57. The van der Waals surface area contributed by atoms with Gasteiger partial charge in [-0.1, -0.05) is 39.0 Å². The number of carbonyl (C=O) groups excluding carboxylic acids is 2. The number of carbonyl (C=O) groups is 2. The molecule has 0 aromatic carbocycles. The minimum atomic E-state index is 0.00809. The molecule has 2 aliphatic carbocycles. The molecule has 0 spiro atoms. The van der Waals surface area contributed by atoms with E-state index in [1.165, 1.54) is 49.8 Å². The van der Waals surface area contributed by atoms with E-state index < -0.39 is 0 Å². The van der Waals surface area contributed by atoms with Gasteiger partial charge in [-0.15, -0.1) is 11.3 Å². The molecule has 2 saturated carbocycles. The molecular weight excluding hydrogens is 380 g/mol. The van der Waals surface area contributed by atoms with Crippen molar-refractivity contribution in [2.24, 2.45) is 17.8 Å². The first-order chi connectivity index (χ1) is 13.9. The Labute approximate surface area is 180 Å². The second kappa shape index (κ2) is 10.6. The van der Waals surface area contributed by atoms with Crippen molar-refractivity contribution in [3.63, 3.8) is 0 Å². The van der Waals surface area contributed by atoms with Crippen LogP contribution in [0.1, 0.15) is 93.1 Å². The van der Waals surface area contributed by atoms with E-state index >= 15 is 0 Å². The first-order valence-corrected chi connectivity index (χ1v) is 12.4. The summed E-state index contributed by atoms with van der Waals surface area (Å²) in [5.74, 6) is 1.79. The van der Waals surface area contributed by atoms with Gasteiger partial charge in [-0.25, -0.2) is 0 Å². The Bertz CT molecular complexity index is 676. The summed E-state index contributed by atoms with van der Waals surface area (Å²) in [6.07, 6.45) is 12.1. The molecule has 0 bridgehead atoms. The highest BCUT2D eigenvalue weighted by Crippen LogP contribution is 2.34. The molecule has 3 rings (SSSR count). The zero-order valence-corrected chi connectivity index (χ0v) is 19.2. The maximum Gasteiger partial charge on any atom is 0.261 e. The van der Waals surface area contributed by atoms with Gasteiger partial charge in [0.25, 0.3) is 5.91 Å². The molecule has 3 atom stereocenters. The average Bonchev–Trinajstić information content (AvgIpc) is 3.36. The van der Waals surface area contributed by atoms with Crippen molar-refractivity contribution in [3.05, 3.63) is 21.9 Å². The lowest BCUT2D eigenvalue weighted by Crippen LogP contribution is -2.42. The molecule has 0 aliphatic heterocycles. The van der Waals surface area contributed by atoms with Gasteiger partial charge in [-0.2, -0.15) is 0 Å². The Morgan fingerprint density at radius 2 is 1.66 bits per heavy atom. The molecule has 2 fully saturated rings. The highest BCUT2D eigenvalue weighted by atomic mass is 32.1. The first-order valence-electron chi connectivity index (χ1n) is 11.6. The Morgan fingerprint density at radius 3 is 2.34 bits per heavy atom. The molecule has 0 saturated heterocycles. The third-order valence-electron chi connectivity index (χ3n) is 6.40. The molecule has 5 heteroatoms. The monoisotopic (exact) mass is 418 g/mol. The minimum absolute atomic E-state index is 0.00809. The van der Waals surface area contributed by atoms with Gasteiger partial charge in [-0.3, -0.25) is 9.59 Å². The van der Waals surface area contributed by atoms with Crippen molar-refractivity contribution in [1.29, 1.82) is 0 Å². The van der Waals surface area contributed by atoms with Gasteiger partial charge in [0.1, 0.15) is 0 Å². The molecule has 29 heavy (non-hydrogen) atoms. The van der Waals surface area contributed by atoms with E-state index in [1.54, 1.807) is 11.3 Å². The van der Waals surface area contributed by atoms with Gasteiger partial charge in [0, 0.05) is 22.9 Å². The Hall–Kier alpha value is -1.36. The number of rotatable bonds is 10. The van der Waals surface area contributed by atoms with Crippen LogP contribution in [0.5, 0.6) is 0 Å². The number of amides is 2. The van der Waals surface area contributed by atoms with Crippen molar-refractivity contribution in [1.82, 2.24) is 10.6 Å². The van der Waals surface area contributed by atoms with Gasteiger partial charge in [0.15, 0.2) is 0 Å². The number of hydrogen-bond acceptors (Lipinski definition) is 3. The Kier molecular flexibility index (Phi) is 8.16. The van der Waals surface area contributed by atoms with E-state index in [4.69, 9.17) is 0 Å². The van der Waals surface area contributed by atoms with Crippen molar-refractivity contribution in [2.45, 2.75) is 97.1 Å². The zero-order chi connectivity index (χ0) is 20.8. The molecule has 4 nitrogen and oxygen atoms in total. The molecule has 162 valence electrons. The fraction of sp³-hybridized carbons (Fsp3) is 0.750. The highest BCUT2D eigenvalue weighted by molar-refractivity contribution is 7.14. The van der Waals surface area contributed by atoms with Crippen LogP contribution in [0.2, 0.25) is 0 Å².